The Labute approximate surface area is 150 Å². The van der Waals surface area contributed by atoms with Crippen LogP contribution in [0.2, 0.25) is 0 Å². The summed E-state index contributed by atoms with van der Waals surface area (Å²) in [6, 6.07) is 7.44. The van der Waals surface area contributed by atoms with Crippen LogP contribution in [-0.4, -0.2) is 42.5 Å². The molecule has 1 N–H and O–H groups in total. The monoisotopic (exact) mass is 360 g/mol. The second-order valence-electron chi connectivity index (χ2n) is 6.31. The molecule has 138 valence electrons. The molecular formula is C19H21FN2O4. The highest BCUT2D eigenvalue weighted by Gasteiger charge is 2.25. The number of carbonyl (C=O) groups excluding carboxylic acids is 2. The maximum atomic E-state index is 13.1. The van der Waals surface area contributed by atoms with Gasteiger partial charge in [0.15, 0.2) is 12.4 Å². The molecule has 26 heavy (non-hydrogen) atoms. The first-order valence-corrected chi connectivity index (χ1v) is 8.54. The summed E-state index contributed by atoms with van der Waals surface area (Å²) >= 11 is 0. The van der Waals surface area contributed by atoms with E-state index in [1.165, 1.54) is 24.5 Å². The predicted octanol–water partition coefficient (Wildman–Crippen LogP) is 2.53. The lowest BCUT2D eigenvalue weighted by atomic mass is 10.0. The van der Waals surface area contributed by atoms with Crippen molar-refractivity contribution in [2.45, 2.75) is 25.8 Å². The molecule has 0 saturated carbocycles. The van der Waals surface area contributed by atoms with Gasteiger partial charge in [0.25, 0.3) is 11.8 Å². The maximum Gasteiger partial charge on any atom is 0.287 e. The van der Waals surface area contributed by atoms with Gasteiger partial charge in [-0.1, -0.05) is 6.07 Å². The lowest BCUT2D eigenvalue weighted by Crippen LogP contribution is -2.47. The Morgan fingerprint density at radius 2 is 2.08 bits per heavy atom. The number of rotatable bonds is 5. The van der Waals surface area contributed by atoms with Crippen LogP contribution in [0.1, 0.15) is 29.0 Å². The van der Waals surface area contributed by atoms with Crippen molar-refractivity contribution in [2.75, 3.05) is 19.7 Å². The van der Waals surface area contributed by atoms with Gasteiger partial charge in [0, 0.05) is 30.8 Å². The van der Waals surface area contributed by atoms with Crippen LogP contribution in [0.4, 0.5) is 4.39 Å². The number of nitrogens with one attached hydrogen (secondary N) is 1. The van der Waals surface area contributed by atoms with Crippen molar-refractivity contribution >= 4 is 11.8 Å². The number of aryl methyl sites for hydroxylation is 1. The lowest BCUT2D eigenvalue weighted by Gasteiger charge is -2.32. The van der Waals surface area contributed by atoms with Crippen molar-refractivity contribution in [1.82, 2.24) is 10.2 Å². The van der Waals surface area contributed by atoms with Crippen molar-refractivity contribution in [3.63, 3.8) is 0 Å². The summed E-state index contributed by atoms with van der Waals surface area (Å²) in [5.41, 5.74) is 0.796. The molecule has 0 radical (unpaired) electrons. The first-order valence-electron chi connectivity index (χ1n) is 8.54. The minimum Gasteiger partial charge on any atom is -0.484 e. The molecule has 1 aliphatic heterocycles. The smallest absolute Gasteiger partial charge is 0.287 e. The molecule has 3 rings (SSSR count). The molecule has 0 unspecified atom stereocenters. The van der Waals surface area contributed by atoms with Gasteiger partial charge in [-0.2, -0.15) is 0 Å². The highest BCUT2D eigenvalue weighted by molar-refractivity contribution is 5.93. The first-order chi connectivity index (χ1) is 12.5. The van der Waals surface area contributed by atoms with E-state index in [0.717, 1.165) is 5.56 Å². The first kappa shape index (κ1) is 18.0. The molecular weight excluding hydrogens is 339 g/mol. The lowest BCUT2D eigenvalue weighted by molar-refractivity contribution is -0.134. The summed E-state index contributed by atoms with van der Waals surface area (Å²) in [5, 5.41) is 2.94. The molecule has 2 heterocycles. The van der Waals surface area contributed by atoms with Gasteiger partial charge in [-0.25, -0.2) is 4.39 Å². The number of amides is 2. The average Bonchev–Trinajstić information content (AvgIpc) is 3.06. The number of carbonyl (C=O) groups is 2. The number of furan rings is 1. The Morgan fingerprint density at radius 1 is 1.31 bits per heavy atom. The van der Waals surface area contributed by atoms with Gasteiger partial charge in [0.05, 0.1) is 6.26 Å². The summed E-state index contributed by atoms with van der Waals surface area (Å²) in [6.45, 7) is 2.76. The van der Waals surface area contributed by atoms with E-state index in [1.807, 2.05) is 6.92 Å². The SMILES string of the molecule is Cc1ccoc1C(=O)NC1CCN(C(=O)COc2cccc(F)c2)CC1. The van der Waals surface area contributed by atoms with Crippen molar-refractivity contribution in [1.29, 1.82) is 0 Å². The molecule has 1 saturated heterocycles. The van der Waals surface area contributed by atoms with Crippen molar-refractivity contribution in [2.24, 2.45) is 0 Å². The zero-order chi connectivity index (χ0) is 18.5. The Balaban J connectivity index is 1.43. The van der Waals surface area contributed by atoms with Gasteiger partial charge in [-0.15, -0.1) is 0 Å². The molecule has 1 aromatic heterocycles. The maximum absolute atomic E-state index is 13.1. The van der Waals surface area contributed by atoms with Gasteiger partial charge < -0.3 is 19.4 Å². The number of piperidine rings is 1. The highest BCUT2D eigenvalue weighted by atomic mass is 19.1. The average molecular weight is 360 g/mol. The molecule has 0 aliphatic carbocycles. The summed E-state index contributed by atoms with van der Waals surface area (Å²) in [4.78, 5) is 26.1. The van der Waals surface area contributed by atoms with Crippen LogP contribution >= 0.6 is 0 Å². The molecule has 1 aliphatic rings. The second kappa shape index (κ2) is 8.03. The molecule has 0 spiro atoms. The van der Waals surface area contributed by atoms with Crippen molar-refractivity contribution in [3.05, 3.63) is 53.7 Å². The van der Waals surface area contributed by atoms with Crippen LogP contribution in [0.5, 0.6) is 5.75 Å². The molecule has 6 nitrogen and oxygen atoms in total. The van der Waals surface area contributed by atoms with Crippen LogP contribution in [-0.2, 0) is 4.79 Å². The topological polar surface area (TPSA) is 71.8 Å². The number of hydrogen-bond donors (Lipinski definition) is 1. The molecule has 0 atom stereocenters. The van der Waals surface area contributed by atoms with Gasteiger partial charge in [-0.3, -0.25) is 9.59 Å². The van der Waals surface area contributed by atoms with Crippen LogP contribution in [0.3, 0.4) is 0 Å². The van der Waals surface area contributed by atoms with E-state index in [4.69, 9.17) is 9.15 Å². The summed E-state index contributed by atoms with van der Waals surface area (Å²) < 4.78 is 23.6. The molecule has 0 bridgehead atoms. The second-order valence-corrected chi connectivity index (χ2v) is 6.31. The number of ether oxygens (including phenoxy) is 1. The van der Waals surface area contributed by atoms with Crippen LogP contribution < -0.4 is 10.1 Å². The van der Waals surface area contributed by atoms with E-state index < -0.39 is 5.82 Å². The van der Waals surface area contributed by atoms with Crippen LogP contribution in [0.25, 0.3) is 0 Å². The van der Waals surface area contributed by atoms with Gasteiger partial charge in [0.2, 0.25) is 0 Å². The zero-order valence-corrected chi connectivity index (χ0v) is 14.5. The molecule has 2 aromatic rings. The Bertz CT molecular complexity index is 781. The normalized spacial score (nSPS) is 14.9. The van der Waals surface area contributed by atoms with Gasteiger partial charge in [-0.05, 0) is 38.0 Å². The van der Waals surface area contributed by atoms with Gasteiger partial charge >= 0.3 is 0 Å². The van der Waals surface area contributed by atoms with Crippen molar-refractivity contribution in [3.8, 4) is 5.75 Å². The van der Waals surface area contributed by atoms with Crippen LogP contribution in [0.15, 0.2) is 41.0 Å². The Hall–Kier alpha value is -2.83. The zero-order valence-electron chi connectivity index (χ0n) is 14.5. The van der Waals surface area contributed by atoms with Crippen molar-refractivity contribution < 1.29 is 23.1 Å². The summed E-state index contributed by atoms with van der Waals surface area (Å²) in [5.74, 6) is -0.132. The minimum absolute atomic E-state index is 0.000174. The summed E-state index contributed by atoms with van der Waals surface area (Å²) in [6.07, 6.45) is 2.82. The van der Waals surface area contributed by atoms with E-state index in [9.17, 15) is 14.0 Å². The third-order valence-corrected chi connectivity index (χ3v) is 4.41. The van der Waals surface area contributed by atoms with E-state index in [2.05, 4.69) is 5.32 Å². The number of hydrogen-bond acceptors (Lipinski definition) is 4. The van der Waals surface area contributed by atoms with E-state index >= 15 is 0 Å². The third-order valence-electron chi connectivity index (χ3n) is 4.41. The summed E-state index contributed by atoms with van der Waals surface area (Å²) in [7, 11) is 0. The number of benzene rings is 1. The van der Waals surface area contributed by atoms with Crippen LogP contribution in [0, 0.1) is 12.7 Å². The molecule has 2 amide bonds. The Morgan fingerprint density at radius 3 is 2.73 bits per heavy atom. The Kier molecular flexibility index (Phi) is 5.55. The fourth-order valence-electron chi connectivity index (χ4n) is 2.92. The largest absolute Gasteiger partial charge is 0.484 e. The number of halogens is 1. The van der Waals surface area contributed by atoms with E-state index in [-0.39, 0.29) is 24.5 Å². The van der Waals surface area contributed by atoms with Gasteiger partial charge in [0.1, 0.15) is 11.6 Å². The molecule has 1 aromatic carbocycles. The fourth-order valence-corrected chi connectivity index (χ4v) is 2.92. The number of nitrogens with zero attached hydrogens (tertiary/aromatic N) is 1. The molecule has 7 heteroatoms. The molecule has 1 fully saturated rings. The standard InChI is InChI=1S/C19H21FN2O4/c1-13-7-10-25-18(13)19(24)21-15-5-8-22(9-6-15)17(23)12-26-16-4-2-3-14(20)11-16/h2-4,7,10-11,15H,5-6,8-9,12H2,1H3,(H,21,24). The fraction of sp³-hybridized carbons (Fsp3) is 0.368. The minimum atomic E-state index is -0.404. The van der Waals surface area contributed by atoms with E-state index in [1.54, 1.807) is 17.0 Å². The highest BCUT2D eigenvalue weighted by Crippen LogP contribution is 2.15. The van der Waals surface area contributed by atoms with E-state index in [0.29, 0.717) is 37.4 Å². The predicted molar refractivity (Wildman–Crippen MR) is 92.4 cm³/mol. The third kappa shape index (κ3) is 4.41. The quantitative estimate of drug-likeness (QED) is 0.889. The number of likely N-dealkylation sites (tertiary alicyclic amines) is 1.